The smallest absolute Gasteiger partial charge is 0.260 e. The molecule has 0 atom stereocenters. The zero-order valence-electron chi connectivity index (χ0n) is 15.0. The van der Waals surface area contributed by atoms with Crippen molar-refractivity contribution in [3.8, 4) is 0 Å². The molecule has 0 spiro atoms. The molecule has 1 aliphatic carbocycles. The third kappa shape index (κ3) is 5.85. The van der Waals surface area contributed by atoms with E-state index in [0.717, 1.165) is 47.5 Å². The van der Waals surface area contributed by atoms with Crippen molar-refractivity contribution < 1.29 is 13.2 Å². The van der Waals surface area contributed by atoms with Crippen LogP contribution in [0.1, 0.15) is 51.0 Å². The summed E-state index contributed by atoms with van der Waals surface area (Å²) in [6.45, 7) is 1.68. The summed E-state index contributed by atoms with van der Waals surface area (Å²) in [5.74, 6) is -0.423. The predicted octanol–water partition coefficient (Wildman–Crippen LogP) is 2.84. The van der Waals surface area contributed by atoms with E-state index < -0.39 is 15.9 Å². The molecule has 138 valence electrons. The maximum absolute atomic E-state index is 12.3. The highest BCUT2D eigenvalue weighted by molar-refractivity contribution is 7.92. The van der Waals surface area contributed by atoms with Gasteiger partial charge in [-0.3, -0.25) is 9.10 Å². The molecule has 1 saturated carbocycles. The van der Waals surface area contributed by atoms with E-state index in [-0.39, 0.29) is 6.54 Å². The van der Waals surface area contributed by atoms with Gasteiger partial charge in [-0.1, -0.05) is 38.0 Å². The van der Waals surface area contributed by atoms with Gasteiger partial charge in [0.15, 0.2) is 0 Å². The van der Waals surface area contributed by atoms with Gasteiger partial charge in [-0.25, -0.2) is 13.8 Å². The van der Waals surface area contributed by atoms with Crippen molar-refractivity contribution >= 4 is 27.3 Å². The van der Waals surface area contributed by atoms with Crippen molar-refractivity contribution in [1.29, 1.82) is 0 Å². The predicted molar refractivity (Wildman–Crippen MR) is 101 cm³/mol. The molecule has 0 saturated heterocycles. The minimum atomic E-state index is -3.57. The number of amides is 1. The lowest BCUT2D eigenvalue weighted by Crippen LogP contribution is -2.39. The van der Waals surface area contributed by atoms with Gasteiger partial charge in [0, 0.05) is 5.71 Å². The van der Waals surface area contributed by atoms with Crippen LogP contribution in [0, 0.1) is 0 Å². The standard InChI is InChI=1S/C18H27N3O3S/c1-3-15-10-8-9-13-17(15)21(25(2,23)24)14-18(22)20-19-16-11-6-4-5-7-12-16/h8-10,13H,3-7,11-12,14H2,1-2H3,(H,20,22). The van der Waals surface area contributed by atoms with E-state index in [1.165, 1.54) is 12.8 Å². The molecule has 1 aromatic rings. The Hall–Kier alpha value is -1.89. The number of rotatable bonds is 6. The fraction of sp³-hybridized carbons (Fsp3) is 0.556. The Kier molecular flexibility index (Phi) is 6.99. The van der Waals surface area contributed by atoms with Crippen LogP contribution in [0.4, 0.5) is 5.69 Å². The van der Waals surface area contributed by atoms with Crippen LogP contribution < -0.4 is 9.73 Å². The Balaban J connectivity index is 2.12. The van der Waals surface area contributed by atoms with Crippen molar-refractivity contribution in [2.24, 2.45) is 5.10 Å². The van der Waals surface area contributed by atoms with E-state index in [1.54, 1.807) is 12.1 Å². The Morgan fingerprint density at radius 1 is 1.16 bits per heavy atom. The molecule has 0 aromatic heterocycles. The molecule has 2 rings (SSSR count). The maximum atomic E-state index is 12.3. The third-order valence-electron chi connectivity index (χ3n) is 4.35. The Bertz CT molecular complexity index is 719. The fourth-order valence-electron chi connectivity index (χ4n) is 2.99. The molecule has 1 amide bonds. The highest BCUT2D eigenvalue weighted by Gasteiger charge is 2.22. The number of nitrogens with zero attached hydrogens (tertiary/aromatic N) is 2. The van der Waals surface area contributed by atoms with Crippen LogP contribution in [0.15, 0.2) is 29.4 Å². The van der Waals surface area contributed by atoms with Gasteiger partial charge in [0.2, 0.25) is 10.0 Å². The summed E-state index contributed by atoms with van der Waals surface area (Å²) in [7, 11) is -3.57. The first kappa shape index (κ1) is 19.4. The van der Waals surface area contributed by atoms with E-state index in [1.807, 2.05) is 19.1 Å². The second-order valence-electron chi connectivity index (χ2n) is 6.38. The minimum Gasteiger partial charge on any atom is -0.271 e. The van der Waals surface area contributed by atoms with Crippen molar-refractivity contribution in [2.75, 3.05) is 17.1 Å². The Labute approximate surface area is 150 Å². The van der Waals surface area contributed by atoms with Crippen molar-refractivity contribution in [3.63, 3.8) is 0 Å². The van der Waals surface area contributed by atoms with Crippen molar-refractivity contribution in [1.82, 2.24) is 5.43 Å². The average molecular weight is 365 g/mol. The molecular formula is C18H27N3O3S. The number of hydrogen-bond donors (Lipinski definition) is 1. The number of sulfonamides is 1. The number of hydrazone groups is 1. The Morgan fingerprint density at radius 2 is 1.80 bits per heavy atom. The highest BCUT2D eigenvalue weighted by Crippen LogP contribution is 2.23. The zero-order valence-corrected chi connectivity index (χ0v) is 15.8. The summed E-state index contributed by atoms with van der Waals surface area (Å²) in [5, 5.41) is 4.21. The lowest BCUT2D eigenvalue weighted by atomic mass is 10.1. The molecule has 1 N–H and O–H groups in total. The zero-order chi connectivity index (χ0) is 18.3. The van der Waals surface area contributed by atoms with Gasteiger partial charge in [0.05, 0.1) is 11.9 Å². The summed E-state index contributed by atoms with van der Waals surface area (Å²) in [6, 6.07) is 7.23. The number of carbonyl (C=O) groups excluding carboxylic acids is 1. The summed E-state index contributed by atoms with van der Waals surface area (Å²) >= 11 is 0. The first-order chi connectivity index (χ1) is 11.9. The van der Waals surface area contributed by atoms with Crippen LogP contribution >= 0.6 is 0 Å². The van der Waals surface area contributed by atoms with Crippen LogP contribution in [0.5, 0.6) is 0 Å². The van der Waals surface area contributed by atoms with Crippen molar-refractivity contribution in [3.05, 3.63) is 29.8 Å². The summed E-state index contributed by atoms with van der Waals surface area (Å²) < 4.78 is 25.5. The first-order valence-corrected chi connectivity index (χ1v) is 10.7. The summed E-state index contributed by atoms with van der Waals surface area (Å²) in [4.78, 5) is 12.3. The largest absolute Gasteiger partial charge is 0.271 e. The SMILES string of the molecule is CCc1ccccc1N(CC(=O)NN=C1CCCCCC1)S(C)(=O)=O. The number of hydrogen-bond acceptors (Lipinski definition) is 4. The lowest BCUT2D eigenvalue weighted by molar-refractivity contribution is -0.119. The van der Waals surface area contributed by atoms with Crippen molar-refractivity contribution in [2.45, 2.75) is 51.9 Å². The second-order valence-corrected chi connectivity index (χ2v) is 8.29. The Morgan fingerprint density at radius 3 is 2.40 bits per heavy atom. The van der Waals surface area contributed by atoms with Gasteiger partial charge in [-0.05, 0) is 43.7 Å². The molecule has 0 heterocycles. The number of carbonyl (C=O) groups is 1. The molecule has 0 bridgehead atoms. The van der Waals surface area contributed by atoms with Crippen LogP contribution in [0.25, 0.3) is 0 Å². The van der Waals surface area contributed by atoms with E-state index in [0.29, 0.717) is 12.1 Å². The molecule has 7 heteroatoms. The second kappa shape index (κ2) is 8.99. The van der Waals surface area contributed by atoms with Gasteiger partial charge in [-0.2, -0.15) is 5.10 Å². The van der Waals surface area contributed by atoms with Crippen LogP contribution in [-0.2, 0) is 21.2 Å². The van der Waals surface area contributed by atoms with E-state index in [2.05, 4.69) is 10.5 Å². The molecule has 0 aliphatic heterocycles. The van der Waals surface area contributed by atoms with Gasteiger partial charge >= 0.3 is 0 Å². The monoisotopic (exact) mass is 365 g/mol. The molecular weight excluding hydrogens is 338 g/mol. The topological polar surface area (TPSA) is 78.8 Å². The maximum Gasteiger partial charge on any atom is 0.260 e. The molecule has 25 heavy (non-hydrogen) atoms. The van der Waals surface area contributed by atoms with E-state index in [4.69, 9.17) is 0 Å². The number of benzene rings is 1. The molecule has 1 aliphatic rings. The molecule has 6 nitrogen and oxygen atoms in total. The average Bonchev–Trinajstić information content (AvgIpc) is 2.85. The third-order valence-corrected chi connectivity index (χ3v) is 5.47. The highest BCUT2D eigenvalue weighted by atomic mass is 32.2. The normalized spacial score (nSPS) is 15.4. The fourth-order valence-corrected chi connectivity index (χ4v) is 3.88. The first-order valence-electron chi connectivity index (χ1n) is 8.81. The molecule has 1 fully saturated rings. The number of para-hydroxylation sites is 1. The van der Waals surface area contributed by atoms with Gasteiger partial charge < -0.3 is 0 Å². The molecule has 0 radical (unpaired) electrons. The van der Waals surface area contributed by atoms with Crippen LogP contribution in [0.2, 0.25) is 0 Å². The minimum absolute atomic E-state index is 0.271. The van der Waals surface area contributed by atoms with Crippen LogP contribution in [0.3, 0.4) is 0 Å². The number of nitrogens with one attached hydrogen (secondary N) is 1. The lowest BCUT2D eigenvalue weighted by Gasteiger charge is -2.23. The van der Waals surface area contributed by atoms with Gasteiger partial charge in [0.1, 0.15) is 6.54 Å². The number of anilines is 1. The van der Waals surface area contributed by atoms with E-state index >= 15 is 0 Å². The van der Waals surface area contributed by atoms with Crippen LogP contribution in [-0.4, -0.2) is 32.8 Å². The van der Waals surface area contributed by atoms with Gasteiger partial charge in [-0.15, -0.1) is 0 Å². The summed E-state index contributed by atoms with van der Waals surface area (Å²) in [6.07, 6.45) is 8.17. The molecule has 1 aromatic carbocycles. The number of aryl methyl sites for hydroxylation is 1. The summed E-state index contributed by atoms with van der Waals surface area (Å²) in [5.41, 5.74) is 4.96. The van der Waals surface area contributed by atoms with Gasteiger partial charge in [0.25, 0.3) is 5.91 Å². The quantitative estimate of drug-likeness (QED) is 0.622. The molecule has 0 unspecified atom stereocenters. The van der Waals surface area contributed by atoms with E-state index in [9.17, 15) is 13.2 Å².